The lowest BCUT2D eigenvalue weighted by atomic mass is 10.0. The third-order valence-corrected chi connectivity index (χ3v) is 3.64. The lowest BCUT2D eigenvalue weighted by molar-refractivity contribution is -0.114. The van der Waals surface area contributed by atoms with E-state index in [1.165, 1.54) is 0 Å². The van der Waals surface area contributed by atoms with E-state index in [4.69, 9.17) is 0 Å². The van der Waals surface area contributed by atoms with Crippen LogP contribution in [0.15, 0.2) is 12.1 Å². The molecular formula is C15H20N2O2. The summed E-state index contributed by atoms with van der Waals surface area (Å²) >= 11 is 0. The van der Waals surface area contributed by atoms with Crippen LogP contribution in [0, 0.1) is 13.8 Å². The number of nitrogens with one attached hydrogen (secondary N) is 1. The summed E-state index contributed by atoms with van der Waals surface area (Å²) < 4.78 is 0. The number of nitrogens with zero attached hydrogens (tertiary/aromatic N) is 1. The van der Waals surface area contributed by atoms with Crippen LogP contribution in [-0.2, 0) is 4.79 Å². The van der Waals surface area contributed by atoms with E-state index in [9.17, 15) is 9.59 Å². The van der Waals surface area contributed by atoms with Crippen LogP contribution in [0.25, 0.3) is 0 Å². The van der Waals surface area contributed by atoms with E-state index in [-0.39, 0.29) is 11.7 Å². The first-order valence-corrected chi connectivity index (χ1v) is 6.75. The normalized spacial score (nSPS) is 14.2. The van der Waals surface area contributed by atoms with Gasteiger partial charge in [0.25, 0.3) is 11.7 Å². The number of benzene rings is 1. The van der Waals surface area contributed by atoms with Crippen molar-refractivity contribution >= 4 is 17.4 Å². The molecule has 1 N–H and O–H groups in total. The molecule has 19 heavy (non-hydrogen) atoms. The minimum atomic E-state index is -0.389. The highest BCUT2D eigenvalue weighted by Crippen LogP contribution is 2.33. The molecule has 102 valence electrons. The van der Waals surface area contributed by atoms with Gasteiger partial charge in [0.05, 0.1) is 11.3 Å². The number of rotatable bonds is 5. The third kappa shape index (κ3) is 2.40. The van der Waals surface area contributed by atoms with Gasteiger partial charge in [0, 0.05) is 6.54 Å². The zero-order chi connectivity index (χ0) is 14.0. The maximum Gasteiger partial charge on any atom is 0.299 e. The molecule has 2 rings (SSSR count). The van der Waals surface area contributed by atoms with Crippen LogP contribution in [0.4, 0.5) is 5.69 Å². The van der Waals surface area contributed by atoms with Gasteiger partial charge in [-0.05, 0) is 50.6 Å². The Hall–Kier alpha value is -1.68. The van der Waals surface area contributed by atoms with E-state index >= 15 is 0 Å². The number of anilines is 1. The number of carbonyl (C=O) groups is 2. The number of hydrogen-bond donors (Lipinski definition) is 1. The number of ketones is 1. The molecule has 0 saturated carbocycles. The topological polar surface area (TPSA) is 49.4 Å². The first-order chi connectivity index (χ1) is 9.07. The Labute approximate surface area is 113 Å². The summed E-state index contributed by atoms with van der Waals surface area (Å²) in [6, 6.07) is 3.67. The second kappa shape index (κ2) is 5.53. The average molecular weight is 260 g/mol. The highest BCUT2D eigenvalue weighted by molar-refractivity contribution is 6.52. The molecule has 4 heteroatoms. The molecular weight excluding hydrogens is 240 g/mol. The summed E-state index contributed by atoms with van der Waals surface area (Å²) in [6.45, 7) is 8.38. The van der Waals surface area contributed by atoms with Crippen LogP contribution < -0.4 is 10.2 Å². The van der Waals surface area contributed by atoms with Crippen molar-refractivity contribution in [3.63, 3.8) is 0 Å². The van der Waals surface area contributed by atoms with E-state index in [2.05, 4.69) is 5.32 Å². The first kappa shape index (κ1) is 13.7. The van der Waals surface area contributed by atoms with Crippen LogP contribution in [0.3, 0.4) is 0 Å². The molecule has 4 nitrogen and oxygen atoms in total. The van der Waals surface area contributed by atoms with Gasteiger partial charge in [0.15, 0.2) is 0 Å². The van der Waals surface area contributed by atoms with Gasteiger partial charge in [-0.2, -0.15) is 0 Å². The molecule has 1 aromatic carbocycles. The van der Waals surface area contributed by atoms with Crippen molar-refractivity contribution in [3.8, 4) is 0 Å². The van der Waals surface area contributed by atoms with E-state index in [1.54, 1.807) is 11.0 Å². The second-order valence-electron chi connectivity index (χ2n) is 4.90. The van der Waals surface area contributed by atoms with Gasteiger partial charge < -0.3 is 10.2 Å². The van der Waals surface area contributed by atoms with Crippen molar-refractivity contribution in [2.45, 2.75) is 27.2 Å². The van der Waals surface area contributed by atoms with E-state index in [1.807, 2.05) is 26.8 Å². The second-order valence-corrected chi connectivity index (χ2v) is 4.90. The standard InChI is InChI=1S/C15H20N2O2/c1-4-16-8-5-9-17-13-11(3)10(2)6-7-12(13)14(18)15(17)19/h6-7,16H,4-5,8-9H2,1-3H3. The molecule has 0 fully saturated rings. The van der Waals surface area contributed by atoms with E-state index in [0.717, 1.165) is 36.3 Å². The van der Waals surface area contributed by atoms with Gasteiger partial charge >= 0.3 is 0 Å². The van der Waals surface area contributed by atoms with Crippen molar-refractivity contribution in [1.82, 2.24) is 5.32 Å². The van der Waals surface area contributed by atoms with Crippen molar-refractivity contribution in [1.29, 1.82) is 0 Å². The molecule has 0 aromatic heterocycles. The zero-order valence-electron chi connectivity index (χ0n) is 11.7. The Balaban J connectivity index is 2.25. The highest BCUT2D eigenvalue weighted by Gasteiger charge is 2.36. The van der Waals surface area contributed by atoms with Crippen LogP contribution in [0.2, 0.25) is 0 Å². The Kier molecular flexibility index (Phi) is 4.00. The van der Waals surface area contributed by atoms with Crippen molar-refractivity contribution in [2.75, 3.05) is 24.5 Å². The first-order valence-electron chi connectivity index (χ1n) is 6.75. The predicted molar refractivity (Wildman–Crippen MR) is 75.8 cm³/mol. The molecule has 0 spiro atoms. The van der Waals surface area contributed by atoms with E-state index < -0.39 is 0 Å². The zero-order valence-corrected chi connectivity index (χ0v) is 11.7. The van der Waals surface area contributed by atoms with Crippen LogP contribution in [0.5, 0.6) is 0 Å². The number of aryl methyl sites for hydroxylation is 1. The minimum Gasteiger partial charge on any atom is -0.317 e. The summed E-state index contributed by atoms with van der Waals surface area (Å²) in [5, 5.41) is 3.23. The molecule has 0 saturated heterocycles. The van der Waals surface area contributed by atoms with Crippen LogP contribution in [-0.4, -0.2) is 31.3 Å². The maximum atomic E-state index is 12.0. The van der Waals surface area contributed by atoms with Crippen molar-refractivity contribution < 1.29 is 9.59 Å². The molecule has 0 atom stereocenters. The molecule has 0 radical (unpaired) electrons. The minimum absolute atomic E-state index is 0.374. The molecule has 1 aliphatic rings. The Morgan fingerprint density at radius 1 is 1.21 bits per heavy atom. The quantitative estimate of drug-likeness (QED) is 0.649. The summed E-state index contributed by atoms with van der Waals surface area (Å²) in [4.78, 5) is 25.6. The Morgan fingerprint density at radius 2 is 1.95 bits per heavy atom. The molecule has 0 aliphatic carbocycles. The molecule has 1 amide bonds. The fourth-order valence-electron chi connectivity index (χ4n) is 2.42. The number of carbonyl (C=O) groups excluding carboxylic acids is 2. The highest BCUT2D eigenvalue weighted by atomic mass is 16.2. The van der Waals surface area contributed by atoms with Gasteiger partial charge in [-0.1, -0.05) is 13.0 Å². The van der Waals surface area contributed by atoms with Crippen molar-refractivity contribution in [3.05, 3.63) is 28.8 Å². The van der Waals surface area contributed by atoms with Gasteiger partial charge in [-0.25, -0.2) is 0 Å². The van der Waals surface area contributed by atoms with Crippen LogP contribution in [0.1, 0.15) is 34.8 Å². The number of amides is 1. The number of Topliss-reactive ketones (excluding diaryl/α,β-unsaturated/α-hetero) is 1. The van der Waals surface area contributed by atoms with Gasteiger partial charge in [-0.3, -0.25) is 9.59 Å². The van der Waals surface area contributed by atoms with Crippen molar-refractivity contribution in [2.24, 2.45) is 0 Å². The average Bonchev–Trinajstić information content (AvgIpc) is 2.64. The van der Waals surface area contributed by atoms with Crippen LogP contribution >= 0.6 is 0 Å². The third-order valence-electron chi connectivity index (χ3n) is 3.64. The maximum absolute atomic E-state index is 12.0. The lowest BCUT2D eigenvalue weighted by Crippen LogP contribution is -2.32. The molecule has 1 aliphatic heterocycles. The Bertz CT molecular complexity index is 523. The summed E-state index contributed by atoms with van der Waals surface area (Å²) in [6.07, 6.45) is 0.847. The van der Waals surface area contributed by atoms with Gasteiger partial charge in [0.1, 0.15) is 0 Å². The largest absolute Gasteiger partial charge is 0.317 e. The predicted octanol–water partition coefficient (Wildman–Crippen LogP) is 1.83. The number of hydrogen-bond acceptors (Lipinski definition) is 3. The summed E-state index contributed by atoms with van der Waals surface area (Å²) in [5.41, 5.74) is 3.50. The van der Waals surface area contributed by atoms with Gasteiger partial charge in [0.2, 0.25) is 0 Å². The summed E-state index contributed by atoms with van der Waals surface area (Å²) in [5.74, 6) is -0.762. The molecule has 0 bridgehead atoms. The summed E-state index contributed by atoms with van der Waals surface area (Å²) in [7, 11) is 0. The fraction of sp³-hybridized carbons (Fsp3) is 0.467. The van der Waals surface area contributed by atoms with E-state index in [0.29, 0.717) is 12.1 Å². The Morgan fingerprint density at radius 3 is 2.63 bits per heavy atom. The SMILES string of the molecule is CCNCCCN1C(=O)C(=O)c2ccc(C)c(C)c21. The fourth-order valence-corrected chi connectivity index (χ4v) is 2.42. The van der Waals surface area contributed by atoms with Gasteiger partial charge in [-0.15, -0.1) is 0 Å². The molecule has 1 heterocycles. The molecule has 0 unspecified atom stereocenters. The molecule has 1 aromatic rings. The number of fused-ring (bicyclic) bond motifs is 1. The smallest absolute Gasteiger partial charge is 0.299 e. The monoisotopic (exact) mass is 260 g/mol. The lowest BCUT2D eigenvalue weighted by Gasteiger charge is -2.19.